The normalized spacial score (nSPS) is 12.8. The van der Waals surface area contributed by atoms with Gasteiger partial charge in [0.05, 0.1) is 11.5 Å². The van der Waals surface area contributed by atoms with Crippen LogP contribution in [0.5, 0.6) is 5.75 Å². The van der Waals surface area contributed by atoms with Gasteiger partial charge in [-0.15, -0.1) is 0 Å². The maximum Gasteiger partial charge on any atom is 0.241 e. The van der Waals surface area contributed by atoms with Crippen LogP contribution in [-0.4, -0.2) is 34.7 Å². The van der Waals surface area contributed by atoms with Gasteiger partial charge in [0, 0.05) is 31.2 Å². The Hall–Kier alpha value is -3.68. The Labute approximate surface area is 289 Å². The summed E-state index contributed by atoms with van der Waals surface area (Å²) in [6.45, 7) is 21.9. The van der Waals surface area contributed by atoms with Gasteiger partial charge in [-0.2, -0.15) is 0 Å². The number of nitrogens with zero attached hydrogens (tertiary/aromatic N) is 1. The second-order valence-electron chi connectivity index (χ2n) is 13.8. The summed E-state index contributed by atoms with van der Waals surface area (Å²) in [5.41, 5.74) is 9.02. The molecule has 5 nitrogen and oxygen atoms in total. The van der Waals surface area contributed by atoms with Gasteiger partial charge in [0.15, 0.2) is 0 Å². The van der Waals surface area contributed by atoms with Crippen molar-refractivity contribution in [2.24, 2.45) is 11.8 Å². The largest absolute Gasteiger partial charge is 0.493 e. The molecule has 0 aliphatic rings. The number of likely N-dealkylation sites (N-methyl/N-ethyl adjacent to an activating group) is 1. The summed E-state index contributed by atoms with van der Waals surface area (Å²) >= 11 is 0. The molecule has 0 amide bonds. The number of para-hydroxylation sites is 1. The second-order valence-corrected chi connectivity index (χ2v) is 15.5. The van der Waals surface area contributed by atoms with Gasteiger partial charge in [0.1, 0.15) is 11.6 Å². The monoisotopic (exact) mass is 674 g/mol. The lowest BCUT2D eigenvalue weighted by Crippen LogP contribution is -2.46. The highest BCUT2D eigenvalue weighted by Crippen LogP contribution is 2.32. The first-order valence-corrected chi connectivity index (χ1v) is 18.3. The van der Waals surface area contributed by atoms with E-state index in [0.717, 1.165) is 28.1 Å². The molecule has 0 radical (unpaired) electrons. The lowest BCUT2D eigenvalue weighted by atomic mass is 9.83. The molecule has 2 unspecified atom stereocenters. The summed E-state index contributed by atoms with van der Waals surface area (Å²) in [7, 11) is -1.60. The van der Waals surface area contributed by atoms with Crippen LogP contribution < -0.4 is 14.4 Å². The van der Waals surface area contributed by atoms with E-state index in [1.165, 1.54) is 34.4 Å². The fourth-order valence-electron chi connectivity index (χ4n) is 6.42. The Kier molecular flexibility index (Phi) is 13.8. The number of sulfonamides is 1. The van der Waals surface area contributed by atoms with E-state index in [0.29, 0.717) is 29.9 Å². The summed E-state index contributed by atoms with van der Waals surface area (Å²) in [5.74, 6) is 1.45. The highest BCUT2D eigenvalue weighted by molar-refractivity contribution is 7.89. The van der Waals surface area contributed by atoms with E-state index >= 15 is 0 Å². The zero-order valence-electron chi connectivity index (χ0n) is 30.7. The fraction of sp³-hybridized carbons (Fsp3) is 0.415. The molecule has 4 aromatic rings. The fourth-order valence-corrected chi connectivity index (χ4v) is 8.25. The zero-order valence-corrected chi connectivity index (χ0v) is 31.5. The van der Waals surface area contributed by atoms with E-state index in [9.17, 15) is 12.8 Å². The predicted octanol–water partition coefficient (Wildman–Crippen LogP) is 9.62. The van der Waals surface area contributed by atoms with Crippen LogP contribution in [0.15, 0.2) is 83.8 Å². The number of hydrogen-bond donors (Lipinski definition) is 1. The Morgan fingerprint density at radius 1 is 0.729 bits per heavy atom. The molecular formula is C41H55FN2O3S. The average Bonchev–Trinajstić information content (AvgIpc) is 2.98. The Morgan fingerprint density at radius 3 is 1.71 bits per heavy atom. The van der Waals surface area contributed by atoms with E-state index in [1.807, 2.05) is 84.1 Å². The number of nitrogens with one attached hydrogen (secondary N) is 1. The van der Waals surface area contributed by atoms with Crippen molar-refractivity contribution in [3.63, 3.8) is 0 Å². The van der Waals surface area contributed by atoms with Gasteiger partial charge < -0.3 is 9.64 Å². The van der Waals surface area contributed by atoms with Crippen LogP contribution in [-0.2, 0) is 10.0 Å². The van der Waals surface area contributed by atoms with Crippen LogP contribution >= 0.6 is 0 Å². The second kappa shape index (κ2) is 17.1. The minimum Gasteiger partial charge on any atom is -0.493 e. The molecule has 0 saturated heterocycles. The molecule has 260 valence electrons. The number of ether oxygens (including phenoxy) is 1. The summed E-state index contributed by atoms with van der Waals surface area (Å²) in [5, 5.41) is 0. The molecule has 0 aliphatic heterocycles. The van der Waals surface area contributed by atoms with Gasteiger partial charge >= 0.3 is 0 Å². The Bertz CT molecular complexity index is 1690. The molecule has 2 atom stereocenters. The van der Waals surface area contributed by atoms with Crippen molar-refractivity contribution in [2.75, 3.05) is 25.1 Å². The van der Waals surface area contributed by atoms with Crippen molar-refractivity contribution in [1.29, 1.82) is 0 Å². The highest BCUT2D eigenvalue weighted by Gasteiger charge is 2.27. The SMILES string of the molecule is Cc1cc(C)c(C(COc2ccc(F)cc2)C(C)C)c(C)c1.Cc1cc(C)c(S(=O)(=O)NC(CN(C)c2ccccc2)C(C)C)c(C)c1. The van der Waals surface area contributed by atoms with Crippen molar-refractivity contribution >= 4 is 15.7 Å². The molecule has 0 fully saturated rings. The molecule has 0 heterocycles. The summed E-state index contributed by atoms with van der Waals surface area (Å²) < 4.78 is 48.0. The van der Waals surface area contributed by atoms with E-state index < -0.39 is 10.0 Å². The van der Waals surface area contributed by atoms with E-state index in [4.69, 9.17) is 4.74 Å². The van der Waals surface area contributed by atoms with Gasteiger partial charge in [0.25, 0.3) is 0 Å². The minimum atomic E-state index is -3.59. The van der Waals surface area contributed by atoms with Crippen molar-refractivity contribution in [1.82, 2.24) is 4.72 Å². The molecule has 0 aliphatic carbocycles. The third-order valence-corrected chi connectivity index (χ3v) is 10.6. The predicted molar refractivity (Wildman–Crippen MR) is 199 cm³/mol. The molecule has 4 rings (SSSR count). The molecule has 0 spiro atoms. The first-order chi connectivity index (χ1) is 22.5. The van der Waals surface area contributed by atoms with Crippen LogP contribution in [0.1, 0.15) is 72.6 Å². The van der Waals surface area contributed by atoms with Gasteiger partial charge in [-0.25, -0.2) is 17.5 Å². The molecule has 7 heteroatoms. The third-order valence-electron chi connectivity index (χ3n) is 8.81. The number of rotatable bonds is 12. The molecule has 48 heavy (non-hydrogen) atoms. The standard InChI is InChI=1S/C21H30N2O2S.C20H25FO/c1-15(2)20(14-23(6)19-10-8-7-9-11-19)22-26(24,25)21-17(4)12-16(3)13-18(21)5;1-13(2)19(12-22-18-8-6-17(21)7-9-18)20-15(4)10-14(3)11-16(20)5/h7-13,15,20,22H,14H2,1-6H3;6-11,13,19H,12H2,1-5H3. The molecular weight excluding hydrogens is 620 g/mol. The molecule has 4 aromatic carbocycles. The van der Waals surface area contributed by atoms with Crippen LogP contribution in [0.2, 0.25) is 0 Å². The van der Waals surface area contributed by atoms with Crippen LogP contribution in [0, 0.1) is 59.2 Å². The minimum absolute atomic E-state index is 0.169. The first-order valence-electron chi connectivity index (χ1n) is 16.8. The van der Waals surface area contributed by atoms with Crippen LogP contribution in [0.4, 0.5) is 10.1 Å². The first kappa shape index (κ1) is 38.8. The van der Waals surface area contributed by atoms with Crippen LogP contribution in [0.25, 0.3) is 0 Å². The smallest absolute Gasteiger partial charge is 0.241 e. The molecule has 0 bridgehead atoms. The third kappa shape index (κ3) is 10.7. The Morgan fingerprint density at radius 2 is 1.23 bits per heavy atom. The topological polar surface area (TPSA) is 58.6 Å². The van der Waals surface area contributed by atoms with Gasteiger partial charge in [-0.3, -0.25) is 0 Å². The summed E-state index contributed by atoms with van der Waals surface area (Å²) in [6.07, 6.45) is 0. The number of benzene rings is 4. The van der Waals surface area contributed by atoms with E-state index in [-0.39, 0.29) is 17.8 Å². The number of anilines is 1. The van der Waals surface area contributed by atoms with Crippen LogP contribution in [0.3, 0.4) is 0 Å². The van der Waals surface area contributed by atoms with Crippen molar-refractivity contribution < 1.29 is 17.5 Å². The lowest BCUT2D eigenvalue weighted by molar-refractivity contribution is 0.257. The lowest BCUT2D eigenvalue weighted by Gasteiger charge is -2.29. The summed E-state index contributed by atoms with van der Waals surface area (Å²) in [6, 6.07) is 24.3. The van der Waals surface area contributed by atoms with Gasteiger partial charge in [-0.05, 0) is 118 Å². The van der Waals surface area contributed by atoms with Gasteiger partial charge in [0.2, 0.25) is 10.0 Å². The zero-order chi connectivity index (χ0) is 35.8. The molecule has 1 N–H and O–H groups in total. The maximum atomic E-state index is 13.1. The number of hydrogen-bond acceptors (Lipinski definition) is 4. The average molecular weight is 675 g/mol. The van der Waals surface area contributed by atoms with Crippen molar-refractivity contribution in [2.45, 2.75) is 86.1 Å². The number of halogens is 1. The van der Waals surface area contributed by atoms with Gasteiger partial charge in [-0.1, -0.05) is 81.3 Å². The number of aryl methyl sites for hydroxylation is 6. The maximum absolute atomic E-state index is 13.1. The molecule has 0 saturated carbocycles. The van der Waals surface area contributed by atoms with E-state index in [1.54, 1.807) is 12.1 Å². The van der Waals surface area contributed by atoms with Crippen molar-refractivity contribution in [3.05, 3.63) is 124 Å². The molecule has 0 aromatic heterocycles. The Balaban J connectivity index is 0.000000264. The quantitative estimate of drug-likeness (QED) is 0.163. The summed E-state index contributed by atoms with van der Waals surface area (Å²) in [4.78, 5) is 2.48. The van der Waals surface area contributed by atoms with Crippen molar-refractivity contribution in [3.8, 4) is 5.75 Å². The highest BCUT2D eigenvalue weighted by atomic mass is 32.2. The van der Waals surface area contributed by atoms with E-state index in [2.05, 4.69) is 56.4 Å².